The Hall–Kier alpha value is -2.69. The van der Waals surface area contributed by atoms with Crippen LogP contribution >= 0.6 is 0 Å². The fourth-order valence-corrected chi connectivity index (χ4v) is 2.33. The minimum atomic E-state index is 0.0626. The summed E-state index contributed by atoms with van der Waals surface area (Å²) in [6, 6.07) is 9.77. The predicted octanol–water partition coefficient (Wildman–Crippen LogP) is 2.02. The second kappa shape index (κ2) is 6.85. The average Bonchev–Trinajstić information content (AvgIpc) is 2.96. The van der Waals surface area contributed by atoms with Gasteiger partial charge in [0.15, 0.2) is 0 Å². The summed E-state index contributed by atoms with van der Waals surface area (Å²) in [7, 11) is 0. The second-order valence-electron chi connectivity index (χ2n) is 5.16. The number of nitrogens with zero attached hydrogens (tertiary/aromatic N) is 3. The number of aryl methyl sites for hydroxylation is 1. The number of pyridine rings is 2. The Labute approximate surface area is 129 Å². The molecule has 0 aliphatic rings. The third kappa shape index (κ3) is 3.69. The van der Waals surface area contributed by atoms with Crippen molar-refractivity contribution in [3.63, 3.8) is 0 Å². The molecular formula is C17H18N4O. The molecule has 3 aromatic heterocycles. The molecule has 3 rings (SSSR count). The van der Waals surface area contributed by atoms with Crippen molar-refractivity contribution in [2.24, 2.45) is 0 Å². The molecule has 0 atom stereocenters. The maximum Gasteiger partial charge on any atom is 0.220 e. The molecule has 0 aliphatic carbocycles. The van der Waals surface area contributed by atoms with Crippen molar-refractivity contribution in [1.82, 2.24) is 19.7 Å². The SMILES string of the molecule is O=C(CCc1cccnc1)NCCc1cn2ccccc2n1. The van der Waals surface area contributed by atoms with E-state index in [-0.39, 0.29) is 5.91 Å². The number of carbonyl (C=O) groups is 1. The summed E-state index contributed by atoms with van der Waals surface area (Å²) in [4.78, 5) is 20.4. The normalized spacial score (nSPS) is 10.7. The summed E-state index contributed by atoms with van der Waals surface area (Å²) in [6.45, 7) is 0.607. The van der Waals surface area contributed by atoms with E-state index < -0.39 is 0 Å². The molecule has 0 radical (unpaired) electrons. The standard InChI is InChI=1S/C17H18N4O/c22-17(7-6-14-4-3-9-18-12-14)19-10-8-15-13-21-11-2-1-5-16(21)20-15/h1-5,9,11-13H,6-8,10H2,(H,19,22). The van der Waals surface area contributed by atoms with Gasteiger partial charge in [0.05, 0.1) is 5.69 Å². The molecule has 0 saturated carbocycles. The number of nitrogens with one attached hydrogen (secondary N) is 1. The molecule has 3 heterocycles. The van der Waals surface area contributed by atoms with Crippen molar-refractivity contribution in [3.8, 4) is 0 Å². The molecule has 0 aromatic carbocycles. The molecule has 0 bridgehead atoms. The highest BCUT2D eigenvalue weighted by Crippen LogP contribution is 2.05. The molecule has 5 nitrogen and oxygen atoms in total. The van der Waals surface area contributed by atoms with Gasteiger partial charge >= 0.3 is 0 Å². The Kier molecular flexibility index (Phi) is 4.44. The summed E-state index contributed by atoms with van der Waals surface area (Å²) in [5.74, 6) is 0.0626. The first-order chi connectivity index (χ1) is 10.8. The van der Waals surface area contributed by atoms with Crippen LogP contribution in [-0.4, -0.2) is 26.8 Å². The maximum atomic E-state index is 11.8. The van der Waals surface area contributed by atoms with Crippen LogP contribution in [0, 0.1) is 0 Å². The monoisotopic (exact) mass is 294 g/mol. The Morgan fingerprint density at radius 1 is 1.18 bits per heavy atom. The van der Waals surface area contributed by atoms with E-state index in [1.807, 2.05) is 47.1 Å². The number of imidazole rings is 1. The number of amides is 1. The first-order valence-electron chi connectivity index (χ1n) is 7.39. The van der Waals surface area contributed by atoms with Crippen LogP contribution in [0.3, 0.4) is 0 Å². The van der Waals surface area contributed by atoms with Gasteiger partial charge in [0, 0.05) is 44.2 Å². The van der Waals surface area contributed by atoms with E-state index in [9.17, 15) is 4.79 Å². The van der Waals surface area contributed by atoms with Crippen molar-refractivity contribution in [3.05, 3.63) is 66.4 Å². The van der Waals surface area contributed by atoms with Crippen molar-refractivity contribution in [2.45, 2.75) is 19.3 Å². The van der Waals surface area contributed by atoms with Crippen molar-refractivity contribution in [2.75, 3.05) is 6.54 Å². The van der Waals surface area contributed by atoms with Crippen molar-refractivity contribution in [1.29, 1.82) is 0 Å². The molecule has 1 N–H and O–H groups in total. The van der Waals surface area contributed by atoms with Crippen LogP contribution in [0.15, 0.2) is 55.1 Å². The van der Waals surface area contributed by atoms with Crippen molar-refractivity contribution < 1.29 is 4.79 Å². The number of hydrogen-bond acceptors (Lipinski definition) is 3. The molecule has 112 valence electrons. The zero-order valence-corrected chi connectivity index (χ0v) is 12.3. The van der Waals surface area contributed by atoms with E-state index in [2.05, 4.69) is 15.3 Å². The topological polar surface area (TPSA) is 59.3 Å². The summed E-state index contributed by atoms with van der Waals surface area (Å²) in [5, 5.41) is 2.94. The van der Waals surface area contributed by atoms with E-state index in [0.717, 1.165) is 23.3 Å². The lowest BCUT2D eigenvalue weighted by molar-refractivity contribution is -0.121. The molecular weight excluding hydrogens is 276 g/mol. The largest absolute Gasteiger partial charge is 0.356 e. The highest BCUT2D eigenvalue weighted by molar-refractivity contribution is 5.76. The molecule has 3 aromatic rings. The van der Waals surface area contributed by atoms with Gasteiger partial charge in [-0.25, -0.2) is 4.98 Å². The lowest BCUT2D eigenvalue weighted by Gasteiger charge is -2.04. The van der Waals surface area contributed by atoms with Crippen LogP contribution in [0.1, 0.15) is 17.7 Å². The van der Waals surface area contributed by atoms with Crippen LogP contribution in [0.2, 0.25) is 0 Å². The first kappa shape index (κ1) is 14.3. The highest BCUT2D eigenvalue weighted by atomic mass is 16.1. The lowest BCUT2D eigenvalue weighted by atomic mass is 10.1. The van der Waals surface area contributed by atoms with Gasteiger partial charge in [-0.15, -0.1) is 0 Å². The van der Waals surface area contributed by atoms with E-state index in [1.54, 1.807) is 12.4 Å². The van der Waals surface area contributed by atoms with Gasteiger partial charge in [0.2, 0.25) is 5.91 Å². The quantitative estimate of drug-likeness (QED) is 0.756. The summed E-state index contributed by atoms with van der Waals surface area (Å²) >= 11 is 0. The molecule has 0 fully saturated rings. The van der Waals surface area contributed by atoms with Crippen LogP contribution in [-0.2, 0) is 17.6 Å². The zero-order valence-electron chi connectivity index (χ0n) is 12.3. The summed E-state index contributed by atoms with van der Waals surface area (Å²) in [6.07, 6.45) is 9.43. The first-order valence-corrected chi connectivity index (χ1v) is 7.39. The minimum Gasteiger partial charge on any atom is -0.356 e. The van der Waals surface area contributed by atoms with Crippen LogP contribution in [0.25, 0.3) is 5.65 Å². The Bertz CT molecular complexity index is 718. The fourth-order valence-electron chi connectivity index (χ4n) is 2.33. The average molecular weight is 294 g/mol. The third-order valence-electron chi connectivity index (χ3n) is 3.48. The molecule has 0 unspecified atom stereocenters. The summed E-state index contributed by atoms with van der Waals surface area (Å²) in [5.41, 5.74) is 3.00. The Morgan fingerprint density at radius 3 is 2.95 bits per heavy atom. The Balaban J connectivity index is 1.43. The number of rotatable bonds is 6. The molecule has 0 saturated heterocycles. The number of carbonyl (C=O) groups excluding carboxylic acids is 1. The maximum absolute atomic E-state index is 11.8. The number of fused-ring (bicyclic) bond motifs is 1. The number of aromatic nitrogens is 3. The van der Waals surface area contributed by atoms with E-state index >= 15 is 0 Å². The molecule has 0 aliphatic heterocycles. The van der Waals surface area contributed by atoms with Gasteiger partial charge in [-0.2, -0.15) is 0 Å². The molecule has 0 spiro atoms. The Morgan fingerprint density at radius 2 is 2.14 bits per heavy atom. The molecule has 5 heteroatoms. The fraction of sp³-hybridized carbons (Fsp3) is 0.235. The van der Waals surface area contributed by atoms with Gasteiger partial charge < -0.3 is 9.72 Å². The van der Waals surface area contributed by atoms with E-state index in [0.29, 0.717) is 19.4 Å². The van der Waals surface area contributed by atoms with E-state index in [4.69, 9.17) is 0 Å². The van der Waals surface area contributed by atoms with Crippen molar-refractivity contribution >= 4 is 11.6 Å². The van der Waals surface area contributed by atoms with Gasteiger partial charge in [-0.3, -0.25) is 9.78 Å². The van der Waals surface area contributed by atoms with Crippen LogP contribution in [0.5, 0.6) is 0 Å². The van der Waals surface area contributed by atoms with Gasteiger partial charge in [0.1, 0.15) is 5.65 Å². The molecule has 22 heavy (non-hydrogen) atoms. The predicted molar refractivity (Wildman–Crippen MR) is 84.5 cm³/mol. The lowest BCUT2D eigenvalue weighted by Crippen LogP contribution is -2.25. The zero-order chi connectivity index (χ0) is 15.2. The highest BCUT2D eigenvalue weighted by Gasteiger charge is 2.04. The van der Waals surface area contributed by atoms with Gasteiger partial charge in [0.25, 0.3) is 0 Å². The minimum absolute atomic E-state index is 0.0626. The van der Waals surface area contributed by atoms with Crippen LogP contribution < -0.4 is 5.32 Å². The van der Waals surface area contributed by atoms with Gasteiger partial charge in [-0.05, 0) is 30.2 Å². The summed E-state index contributed by atoms with van der Waals surface area (Å²) < 4.78 is 1.99. The second-order valence-corrected chi connectivity index (χ2v) is 5.16. The third-order valence-corrected chi connectivity index (χ3v) is 3.48. The van der Waals surface area contributed by atoms with Gasteiger partial charge in [-0.1, -0.05) is 12.1 Å². The number of hydrogen-bond donors (Lipinski definition) is 1. The molecule has 1 amide bonds. The van der Waals surface area contributed by atoms with E-state index in [1.165, 1.54) is 0 Å². The van der Waals surface area contributed by atoms with Crippen LogP contribution in [0.4, 0.5) is 0 Å². The smallest absolute Gasteiger partial charge is 0.220 e.